The van der Waals surface area contributed by atoms with Crippen molar-refractivity contribution < 1.29 is 14.6 Å². The Hall–Kier alpha value is -0.770. The largest absolute Gasteiger partial charge is 0.444 e. The van der Waals surface area contributed by atoms with Gasteiger partial charge in [0.1, 0.15) is 5.60 Å². The van der Waals surface area contributed by atoms with E-state index in [-0.39, 0.29) is 18.1 Å². The fourth-order valence-corrected chi connectivity index (χ4v) is 3.60. The van der Waals surface area contributed by atoms with Crippen LogP contribution in [0.1, 0.15) is 65.7 Å². The SMILES string of the molecule is CC(C)(C)OC(=O)N1CCC(C(O)C2CCCCCC2)C1. The fraction of sp³-hybridized carbons (Fsp3) is 0.941. The Morgan fingerprint density at radius 2 is 1.71 bits per heavy atom. The molecule has 4 nitrogen and oxygen atoms in total. The van der Waals surface area contributed by atoms with Crippen LogP contribution in [0.25, 0.3) is 0 Å². The fourth-order valence-electron chi connectivity index (χ4n) is 3.60. The minimum absolute atomic E-state index is 0.223. The summed E-state index contributed by atoms with van der Waals surface area (Å²) in [7, 11) is 0. The van der Waals surface area contributed by atoms with E-state index in [1.807, 2.05) is 20.8 Å². The first kappa shape index (κ1) is 16.6. The highest BCUT2D eigenvalue weighted by molar-refractivity contribution is 5.68. The normalized spacial score (nSPS) is 26.5. The number of hydrogen-bond acceptors (Lipinski definition) is 3. The number of ether oxygens (including phenoxy) is 1. The Bertz CT molecular complexity index is 342. The Kier molecular flexibility index (Phi) is 5.53. The topological polar surface area (TPSA) is 49.8 Å². The first-order chi connectivity index (χ1) is 9.87. The van der Waals surface area contributed by atoms with Crippen molar-refractivity contribution in [2.45, 2.75) is 77.4 Å². The number of aliphatic hydroxyl groups is 1. The zero-order valence-corrected chi connectivity index (χ0v) is 13.8. The predicted molar refractivity (Wildman–Crippen MR) is 83.1 cm³/mol. The first-order valence-corrected chi connectivity index (χ1v) is 8.53. The second-order valence-corrected chi connectivity index (χ2v) is 7.72. The lowest BCUT2D eigenvalue weighted by Crippen LogP contribution is -2.37. The van der Waals surface area contributed by atoms with Crippen molar-refractivity contribution in [1.29, 1.82) is 0 Å². The van der Waals surface area contributed by atoms with Gasteiger partial charge < -0.3 is 14.7 Å². The quantitative estimate of drug-likeness (QED) is 0.793. The lowest BCUT2D eigenvalue weighted by atomic mass is 9.85. The molecule has 2 fully saturated rings. The van der Waals surface area contributed by atoms with Gasteiger partial charge in [-0.15, -0.1) is 0 Å². The third-order valence-electron chi connectivity index (χ3n) is 4.74. The van der Waals surface area contributed by atoms with Gasteiger partial charge in [0.15, 0.2) is 0 Å². The molecule has 1 heterocycles. The summed E-state index contributed by atoms with van der Waals surface area (Å²) in [5, 5.41) is 10.7. The van der Waals surface area contributed by atoms with Crippen LogP contribution in [0, 0.1) is 11.8 Å². The molecule has 4 heteroatoms. The summed E-state index contributed by atoms with van der Waals surface area (Å²) in [6.07, 6.45) is 7.78. The minimum Gasteiger partial charge on any atom is -0.444 e. The molecule has 1 amide bonds. The van der Waals surface area contributed by atoms with Crippen LogP contribution < -0.4 is 0 Å². The number of rotatable bonds is 2. The molecule has 2 aliphatic rings. The molecule has 0 aromatic heterocycles. The van der Waals surface area contributed by atoms with E-state index >= 15 is 0 Å². The first-order valence-electron chi connectivity index (χ1n) is 8.53. The maximum absolute atomic E-state index is 12.1. The lowest BCUT2D eigenvalue weighted by molar-refractivity contribution is 0.0219. The number of likely N-dealkylation sites (tertiary alicyclic amines) is 1. The molecular weight excluding hydrogens is 266 g/mol. The van der Waals surface area contributed by atoms with E-state index in [1.54, 1.807) is 4.90 Å². The van der Waals surface area contributed by atoms with Crippen LogP contribution in [-0.2, 0) is 4.74 Å². The molecular formula is C17H31NO3. The molecule has 0 bridgehead atoms. The Morgan fingerprint density at radius 1 is 1.10 bits per heavy atom. The summed E-state index contributed by atoms with van der Waals surface area (Å²) in [4.78, 5) is 13.8. The molecule has 1 saturated carbocycles. The van der Waals surface area contributed by atoms with Crippen LogP contribution in [0.15, 0.2) is 0 Å². The molecule has 0 spiro atoms. The van der Waals surface area contributed by atoms with Crippen LogP contribution in [-0.4, -0.2) is 40.9 Å². The number of carbonyl (C=O) groups excluding carboxylic acids is 1. The lowest BCUT2D eigenvalue weighted by Gasteiger charge is -2.27. The van der Waals surface area contributed by atoms with E-state index in [9.17, 15) is 9.90 Å². The van der Waals surface area contributed by atoms with E-state index in [4.69, 9.17) is 4.74 Å². The molecule has 0 aromatic carbocycles. The van der Waals surface area contributed by atoms with Gasteiger partial charge in [-0.25, -0.2) is 4.79 Å². The maximum atomic E-state index is 12.1. The minimum atomic E-state index is -0.449. The molecule has 2 unspecified atom stereocenters. The third kappa shape index (κ3) is 4.87. The molecule has 2 atom stereocenters. The molecule has 2 rings (SSSR count). The molecule has 122 valence electrons. The van der Waals surface area contributed by atoms with Crippen LogP contribution >= 0.6 is 0 Å². The van der Waals surface area contributed by atoms with Gasteiger partial charge in [0.05, 0.1) is 6.10 Å². The molecule has 21 heavy (non-hydrogen) atoms. The van der Waals surface area contributed by atoms with Crippen molar-refractivity contribution >= 4 is 6.09 Å². The van der Waals surface area contributed by atoms with Gasteiger partial charge >= 0.3 is 6.09 Å². The van der Waals surface area contributed by atoms with Crippen LogP contribution in [0.4, 0.5) is 4.79 Å². The summed E-state index contributed by atoms with van der Waals surface area (Å²) < 4.78 is 5.42. The van der Waals surface area contributed by atoms with Crippen molar-refractivity contribution in [3.05, 3.63) is 0 Å². The number of hydrogen-bond donors (Lipinski definition) is 1. The average molecular weight is 297 g/mol. The molecule has 1 aliphatic heterocycles. The van der Waals surface area contributed by atoms with Crippen molar-refractivity contribution in [1.82, 2.24) is 4.90 Å². The second kappa shape index (κ2) is 6.99. The highest BCUT2D eigenvalue weighted by atomic mass is 16.6. The van der Waals surface area contributed by atoms with E-state index in [0.29, 0.717) is 19.0 Å². The number of carbonyl (C=O) groups is 1. The van der Waals surface area contributed by atoms with Crippen molar-refractivity contribution in [2.75, 3.05) is 13.1 Å². The van der Waals surface area contributed by atoms with Crippen molar-refractivity contribution in [3.63, 3.8) is 0 Å². The molecule has 1 N–H and O–H groups in total. The molecule has 1 saturated heterocycles. The summed E-state index contributed by atoms with van der Waals surface area (Å²) in [6, 6.07) is 0. The summed E-state index contributed by atoms with van der Waals surface area (Å²) in [6.45, 7) is 7.02. The second-order valence-electron chi connectivity index (χ2n) is 7.72. The van der Waals surface area contributed by atoms with Gasteiger partial charge in [0.2, 0.25) is 0 Å². The van der Waals surface area contributed by atoms with E-state index in [1.165, 1.54) is 25.7 Å². The highest BCUT2D eigenvalue weighted by Gasteiger charge is 2.36. The average Bonchev–Trinajstić information content (AvgIpc) is 2.72. The third-order valence-corrected chi connectivity index (χ3v) is 4.74. The molecule has 0 radical (unpaired) electrons. The van der Waals surface area contributed by atoms with E-state index in [0.717, 1.165) is 19.3 Å². The smallest absolute Gasteiger partial charge is 0.410 e. The predicted octanol–water partition coefficient (Wildman–Crippen LogP) is 3.57. The number of aliphatic hydroxyl groups excluding tert-OH is 1. The van der Waals surface area contributed by atoms with Gasteiger partial charge in [0, 0.05) is 19.0 Å². The maximum Gasteiger partial charge on any atom is 0.410 e. The van der Waals surface area contributed by atoms with Crippen molar-refractivity contribution in [3.8, 4) is 0 Å². The standard InChI is InChI=1S/C17H31NO3/c1-17(2,3)21-16(20)18-11-10-14(12-18)15(19)13-8-6-4-5-7-9-13/h13-15,19H,4-12H2,1-3H3. The van der Waals surface area contributed by atoms with E-state index < -0.39 is 5.60 Å². The van der Waals surface area contributed by atoms with E-state index in [2.05, 4.69) is 0 Å². The van der Waals surface area contributed by atoms with Gasteiger partial charge in [-0.1, -0.05) is 25.7 Å². The molecule has 1 aliphatic carbocycles. The number of nitrogens with zero attached hydrogens (tertiary/aromatic N) is 1. The summed E-state index contributed by atoms with van der Waals surface area (Å²) >= 11 is 0. The summed E-state index contributed by atoms with van der Waals surface area (Å²) in [5.74, 6) is 0.650. The Morgan fingerprint density at radius 3 is 2.29 bits per heavy atom. The Balaban J connectivity index is 1.84. The van der Waals surface area contributed by atoms with Crippen LogP contribution in [0.2, 0.25) is 0 Å². The van der Waals surface area contributed by atoms with Gasteiger partial charge in [-0.3, -0.25) is 0 Å². The zero-order chi connectivity index (χ0) is 15.5. The summed E-state index contributed by atoms with van der Waals surface area (Å²) in [5.41, 5.74) is -0.449. The van der Waals surface area contributed by atoms with Crippen LogP contribution in [0.3, 0.4) is 0 Å². The number of amides is 1. The molecule has 0 aromatic rings. The van der Waals surface area contributed by atoms with Gasteiger partial charge in [0.25, 0.3) is 0 Å². The van der Waals surface area contributed by atoms with Crippen molar-refractivity contribution in [2.24, 2.45) is 11.8 Å². The van der Waals surface area contributed by atoms with Gasteiger partial charge in [-0.05, 0) is 46.0 Å². The Labute approximate surface area is 128 Å². The monoisotopic (exact) mass is 297 g/mol. The van der Waals surface area contributed by atoms with Gasteiger partial charge in [-0.2, -0.15) is 0 Å². The zero-order valence-electron chi connectivity index (χ0n) is 13.8. The highest BCUT2D eigenvalue weighted by Crippen LogP contribution is 2.32. The van der Waals surface area contributed by atoms with Crippen LogP contribution in [0.5, 0.6) is 0 Å².